The summed E-state index contributed by atoms with van der Waals surface area (Å²) in [5.41, 5.74) is 2.77. The monoisotopic (exact) mass is 394 g/mol. The molecule has 2 fully saturated rings. The molecule has 2 atom stereocenters. The highest BCUT2D eigenvalue weighted by molar-refractivity contribution is 5.96. The van der Waals surface area contributed by atoms with E-state index in [1.165, 1.54) is 5.52 Å². The lowest BCUT2D eigenvalue weighted by Crippen LogP contribution is -2.34. The molecule has 152 valence electrons. The van der Waals surface area contributed by atoms with Crippen molar-refractivity contribution in [1.82, 2.24) is 24.2 Å². The Bertz CT molecular complexity index is 1060. The van der Waals surface area contributed by atoms with Gasteiger partial charge in [0, 0.05) is 57.8 Å². The molecule has 0 spiro atoms. The Hall–Kier alpha value is -3.03. The molecule has 2 aliphatic rings. The van der Waals surface area contributed by atoms with Crippen LogP contribution in [0.4, 0.5) is 5.95 Å². The van der Waals surface area contributed by atoms with Gasteiger partial charge in [-0.15, -0.1) is 5.10 Å². The Morgan fingerprint density at radius 2 is 1.90 bits per heavy atom. The van der Waals surface area contributed by atoms with Crippen molar-refractivity contribution in [2.45, 2.75) is 13.5 Å². The van der Waals surface area contributed by atoms with E-state index in [-0.39, 0.29) is 5.91 Å². The fourth-order valence-corrected chi connectivity index (χ4v) is 4.87. The molecule has 8 heteroatoms. The van der Waals surface area contributed by atoms with Crippen LogP contribution >= 0.6 is 0 Å². The standard InChI is InChI=1S/C21H26N6O2/c1-4-27-18-8-6-5-7-17(18)22-21(27)26-11-14-9-25(10-15(14)12-26)20(28)16-13-24(2)23-19(16)29-3/h5-8,13-15H,4,9-12H2,1-3H3. The third kappa shape index (κ3) is 2.85. The van der Waals surface area contributed by atoms with Gasteiger partial charge in [0.25, 0.3) is 5.91 Å². The van der Waals surface area contributed by atoms with Crippen LogP contribution in [-0.2, 0) is 13.6 Å². The van der Waals surface area contributed by atoms with Gasteiger partial charge in [0.2, 0.25) is 11.8 Å². The minimum absolute atomic E-state index is 0.0108. The fraction of sp³-hybridized carbons (Fsp3) is 0.476. The van der Waals surface area contributed by atoms with Crippen molar-refractivity contribution in [2.75, 3.05) is 38.2 Å². The van der Waals surface area contributed by atoms with Crippen molar-refractivity contribution in [3.63, 3.8) is 0 Å². The lowest BCUT2D eigenvalue weighted by atomic mass is 10.0. The zero-order valence-corrected chi connectivity index (χ0v) is 17.1. The molecule has 2 unspecified atom stereocenters. The zero-order chi connectivity index (χ0) is 20.1. The van der Waals surface area contributed by atoms with E-state index in [9.17, 15) is 4.79 Å². The van der Waals surface area contributed by atoms with Crippen LogP contribution in [0, 0.1) is 11.8 Å². The fourth-order valence-electron chi connectivity index (χ4n) is 4.87. The summed E-state index contributed by atoms with van der Waals surface area (Å²) in [7, 11) is 3.35. The lowest BCUT2D eigenvalue weighted by Gasteiger charge is -2.23. The number of carbonyl (C=O) groups is 1. The molecule has 1 aromatic carbocycles. The summed E-state index contributed by atoms with van der Waals surface area (Å²) in [6, 6.07) is 8.31. The van der Waals surface area contributed by atoms with Crippen LogP contribution in [0.1, 0.15) is 17.3 Å². The number of hydrogen-bond acceptors (Lipinski definition) is 5. The second-order valence-electron chi connectivity index (χ2n) is 8.01. The second kappa shape index (κ2) is 6.79. The van der Waals surface area contributed by atoms with Crippen molar-refractivity contribution < 1.29 is 9.53 Å². The number of imidazole rings is 1. The van der Waals surface area contributed by atoms with Gasteiger partial charge in [-0.3, -0.25) is 9.48 Å². The molecule has 0 saturated carbocycles. The first-order valence-corrected chi connectivity index (χ1v) is 10.2. The Kier molecular flexibility index (Phi) is 4.22. The first-order chi connectivity index (χ1) is 14.1. The van der Waals surface area contributed by atoms with E-state index in [4.69, 9.17) is 9.72 Å². The number of carbonyl (C=O) groups excluding carboxylic acids is 1. The first kappa shape index (κ1) is 18.0. The van der Waals surface area contributed by atoms with Crippen LogP contribution in [0.15, 0.2) is 30.5 Å². The maximum absolute atomic E-state index is 13.0. The largest absolute Gasteiger partial charge is 0.479 e. The van der Waals surface area contributed by atoms with Crippen LogP contribution < -0.4 is 9.64 Å². The topological polar surface area (TPSA) is 68.4 Å². The molecule has 0 bridgehead atoms. The van der Waals surface area contributed by atoms with Crippen LogP contribution in [0.2, 0.25) is 0 Å². The molecule has 0 N–H and O–H groups in total. The second-order valence-corrected chi connectivity index (χ2v) is 8.01. The summed E-state index contributed by atoms with van der Waals surface area (Å²) < 4.78 is 9.19. The number of aromatic nitrogens is 4. The van der Waals surface area contributed by atoms with Crippen LogP contribution in [0.25, 0.3) is 11.0 Å². The number of likely N-dealkylation sites (tertiary alicyclic amines) is 1. The molecule has 2 saturated heterocycles. The maximum atomic E-state index is 13.0. The van der Waals surface area contributed by atoms with Crippen molar-refractivity contribution in [3.05, 3.63) is 36.0 Å². The maximum Gasteiger partial charge on any atom is 0.260 e. The summed E-state index contributed by atoms with van der Waals surface area (Å²) in [4.78, 5) is 22.3. The predicted molar refractivity (Wildman–Crippen MR) is 110 cm³/mol. The number of para-hydroxylation sites is 2. The molecular formula is C21H26N6O2. The summed E-state index contributed by atoms with van der Waals surface area (Å²) in [6.45, 7) is 6.46. The van der Waals surface area contributed by atoms with E-state index in [1.807, 2.05) is 11.0 Å². The third-order valence-electron chi connectivity index (χ3n) is 6.23. The molecular weight excluding hydrogens is 368 g/mol. The zero-order valence-electron chi connectivity index (χ0n) is 17.1. The number of methoxy groups -OCH3 is 1. The van der Waals surface area contributed by atoms with Gasteiger partial charge in [-0.25, -0.2) is 4.98 Å². The van der Waals surface area contributed by atoms with E-state index in [0.717, 1.165) is 44.2 Å². The molecule has 5 rings (SSSR count). The number of fused-ring (bicyclic) bond motifs is 2. The summed E-state index contributed by atoms with van der Waals surface area (Å²) >= 11 is 0. The number of aryl methyl sites for hydroxylation is 2. The molecule has 1 amide bonds. The quantitative estimate of drug-likeness (QED) is 0.677. The van der Waals surface area contributed by atoms with Crippen molar-refractivity contribution >= 4 is 22.9 Å². The Balaban J connectivity index is 1.33. The molecule has 4 heterocycles. The van der Waals surface area contributed by atoms with E-state index < -0.39 is 0 Å². The van der Waals surface area contributed by atoms with Crippen LogP contribution in [0.5, 0.6) is 5.88 Å². The number of anilines is 1. The number of amides is 1. The van der Waals surface area contributed by atoms with E-state index in [0.29, 0.717) is 23.3 Å². The van der Waals surface area contributed by atoms with Crippen LogP contribution in [0.3, 0.4) is 0 Å². The predicted octanol–water partition coefficient (Wildman–Crippen LogP) is 2.01. The van der Waals surface area contributed by atoms with Gasteiger partial charge in [0.15, 0.2) is 0 Å². The van der Waals surface area contributed by atoms with Gasteiger partial charge in [-0.1, -0.05) is 12.1 Å². The van der Waals surface area contributed by atoms with E-state index in [1.54, 1.807) is 25.0 Å². The average Bonchev–Trinajstić information content (AvgIpc) is 3.46. The average molecular weight is 394 g/mol. The lowest BCUT2D eigenvalue weighted by molar-refractivity contribution is 0.0779. The molecule has 2 aliphatic heterocycles. The van der Waals surface area contributed by atoms with Crippen molar-refractivity contribution in [1.29, 1.82) is 0 Å². The number of benzene rings is 1. The van der Waals surface area contributed by atoms with Crippen LogP contribution in [-0.4, -0.2) is 63.4 Å². The number of hydrogen-bond donors (Lipinski definition) is 0. The summed E-state index contributed by atoms with van der Waals surface area (Å²) in [5, 5.41) is 4.21. The SMILES string of the molecule is CCn1c(N2CC3CN(C(=O)c4cn(C)nc4OC)CC3C2)nc2ccccc21. The number of rotatable bonds is 4. The minimum Gasteiger partial charge on any atom is -0.479 e. The highest BCUT2D eigenvalue weighted by atomic mass is 16.5. The minimum atomic E-state index is 0.0108. The molecule has 29 heavy (non-hydrogen) atoms. The van der Waals surface area contributed by atoms with Gasteiger partial charge >= 0.3 is 0 Å². The molecule has 2 aromatic heterocycles. The van der Waals surface area contributed by atoms with E-state index >= 15 is 0 Å². The normalized spacial score (nSPS) is 21.2. The summed E-state index contributed by atoms with van der Waals surface area (Å²) in [5.74, 6) is 2.39. The number of ether oxygens (including phenoxy) is 1. The summed E-state index contributed by atoms with van der Waals surface area (Å²) in [6.07, 6.45) is 1.74. The van der Waals surface area contributed by atoms with Crippen molar-refractivity contribution in [2.24, 2.45) is 18.9 Å². The van der Waals surface area contributed by atoms with Gasteiger partial charge in [0.05, 0.1) is 18.1 Å². The van der Waals surface area contributed by atoms with Crippen molar-refractivity contribution in [3.8, 4) is 5.88 Å². The third-order valence-corrected chi connectivity index (χ3v) is 6.23. The number of nitrogens with zero attached hydrogens (tertiary/aromatic N) is 6. The smallest absolute Gasteiger partial charge is 0.260 e. The van der Waals surface area contributed by atoms with E-state index in [2.05, 4.69) is 39.7 Å². The Morgan fingerprint density at radius 1 is 1.17 bits per heavy atom. The molecule has 3 aromatic rings. The molecule has 8 nitrogen and oxygen atoms in total. The Labute approximate surface area is 169 Å². The highest BCUT2D eigenvalue weighted by Crippen LogP contribution is 2.36. The van der Waals surface area contributed by atoms with Gasteiger partial charge in [-0.05, 0) is 19.1 Å². The first-order valence-electron chi connectivity index (χ1n) is 10.2. The van der Waals surface area contributed by atoms with Gasteiger partial charge in [0.1, 0.15) is 5.56 Å². The molecule has 0 radical (unpaired) electrons. The van der Waals surface area contributed by atoms with Gasteiger partial charge in [-0.2, -0.15) is 0 Å². The highest BCUT2D eigenvalue weighted by Gasteiger charge is 2.43. The Morgan fingerprint density at radius 3 is 2.59 bits per heavy atom. The van der Waals surface area contributed by atoms with Gasteiger partial charge < -0.3 is 19.1 Å². The molecule has 0 aliphatic carbocycles.